The second-order valence-electron chi connectivity index (χ2n) is 8.13. The minimum absolute atomic E-state index is 0.289. The second-order valence-corrected chi connectivity index (χ2v) is 9.08. The summed E-state index contributed by atoms with van der Waals surface area (Å²) in [5, 5.41) is 7.57. The molecule has 3 aromatic rings. The van der Waals surface area contributed by atoms with Gasteiger partial charge in [0.2, 0.25) is 5.91 Å². The van der Waals surface area contributed by atoms with E-state index in [0.717, 1.165) is 12.1 Å². The van der Waals surface area contributed by atoms with E-state index in [-0.39, 0.29) is 11.8 Å². The molecule has 1 aromatic heterocycles. The molecule has 8 heteroatoms. The molecule has 2 amide bonds. The van der Waals surface area contributed by atoms with E-state index in [1.807, 2.05) is 35.7 Å². The van der Waals surface area contributed by atoms with Crippen molar-refractivity contribution in [3.8, 4) is 0 Å². The Morgan fingerprint density at radius 3 is 2.59 bits per heavy atom. The third kappa shape index (κ3) is 6.42. The summed E-state index contributed by atoms with van der Waals surface area (Å²) in [4.78, 5) is 28.6. The fraction of sp³-hybridized carbons (Fsp3) is 0.308. The van der Waals surface area contributed by atoms with Gasteiger partial charge in [-0.3, -0.25) is 9.59 Å². The van der Waals surface area contributed by atoms with E-state index < -0.39 is 11.9 Å². The minimum Gasteiger partial charge on any atom is -0.378 e. The Bertz CT molecular complexity index is 1090. The van der Waals surface area contributed by atoms with E-state index in [1.54, 1.807) is 18.2 Å². The largest absolute Gasteiger partial charge is 0.378 e. The molecule has 1 fully saturated rings. The first-order chi connectivity index (χ1) is 16.6. The first kappa shape index (κ1) is 23.9. The fourth-order valence-corrected chi connectivity index (χ4v) is 4.60. The van der Waals surface area contributed by atoms with Gasteiger partial charge >= 0.3 is 0 Å². The number of rotatable bonds is 9. The van der Waals surface area contributed by atoms with Gasteiger partial charge in [0.25, 0.3) is 5.91 Å². The van der Waals surface area contributed by atoms with Gasteiger partial charge in [0, 0.05) is 13.1 Å². The zero-order chi connectivity index (χ0) is 23.8. The summed E-state index contributed by atoms with van der Waals surface area (Å²) in [6.07, 6.45) is 1.96. The molecule has 1 saturated heterocycles. The third-order valence-corrected chi connectivity index (χ3v) is 6.60. The molecule has 1 aliphatic heterocycles. The molecule has 0 saturated carbocycles. The van der Waals surface area contributed by atoms with Gasteiger partial charge in [-0.15, -0.1) is 11.3 Å². The molecule has 2 heterocycles. The average molecular weight is 482 g/mol. The van der Waals surface area contributed by atoms with Crippen LogP contribution in [-0.4, -0.2) is 44.2 Å². The van der Waals surface area contributed by atoms with Crippen LogP contribution in [0.15, 0.2) is 66.0 Å². The number of morpholine rings is 1. The number of hydrogen-bond donors (Lipinski definition) is 2. The van der Waals surface area contributed by atoms with Crippen LogP contribution in [-0.2, 0) is 16.0 Å². The topological polar surface area (TPSA) is 70.7 Å². The number of hydrogen-bond acceptors (Lipinski definition) is 5. The van der Waals surface area contributed by atoms with Crippen LogP contribution in [0.3, 0.4) is 0 Å². The number of nitrogens with one attached hydrogen (secondary N) is 2. The lowest BCUT2D eigenvalue weighted by Crippen LogP contribution is -2.44. The lowest BCUT2D eigenvalue weighted by atomic mass is 10.0. The van der Waals surface area contributed by atoms with Crippen LogP contribution in [0, 0.1) is 5.82 Å². The molecule has 34 heavy (non-hydrogen) atoms. The Labute approximate surface area is 202 Å². The van der Waals surface area contributed by atoms with Gasteiger partial charge in [-0.2, -0.15) is 0 Å². The molecule has 1 atom stereocenters. The summed E-state index contributed by atoms with van der Waals surface area (Å²) in [6.45, 7) is 2.46. The van der Waals surface area contributed by atoms with E-state index in [0.29, 0.717) is 49.7 Å². The maximum absolute atomic E-state index is 14.1. The number of benzene rings is 2. The Kier molecular flexibility index (Phi) is 8.27. The van der Waals surface area contributed by atoms with Gasteiger partial charge < -0.3 is 20.3 Å². The van der Waals surface area contributed by atoms with E-state index in [9.17, 15) is 14.0 Å². The van der Waals surface area contributed by atoms with Crippen molar-refractivity contribution in [2.24, 2.45) is 0 Å². The second kappa shape index (κ2) is 11.8. The molecule has 0 radical (unpaired) electrons. The SMILES string of the molecule is O=C(NC(CCCc1ccccc1)C(=O)Nc1cc(F)ccc1N1CCOCC1)c1cccs1. The number of amides is 2. The predicted octanol–water partition coefficient (Wildman–Crippen LogP) is 4.48. The van der Waals surface area contributed by atoms with Crippen LogP contribution in [0.2, 0.25) is 0 Å². The molecule has 4 rings (SSSR count). The van der Waals surface area contributed by atoms with Gasteiger partial charge in [-0.1, -0.05) is 36.4 Å². The number of aryl methyl sites for hydroxylation is 1. The lowest BCUT2D eigenvalue weighted by Gasteiger charge is -2.31. The van der Waals surface area contributed by atoms with Crippen molar-refractivity contribution < 1.29 is 18.7 Å². The van der Waals surface area contributed by atoms with Crippen LogP contribution < -0.4 is 15.5 Å². The number of thiophene rings is 1. The standard InChI is InChI=1S/C26H28FN3O3S/c27-20-11-12-23(30-13-15-33-16-14-30)22(18-20)29-25(31)21(28-26(32)24-10-5-17-34-24)9-4-8-19-6-2-1-3-7-19/h1-3,5-7,10-12,17-18,21H,4,8-9,13-16H2,(H,28,32)(H,29,31). The normalized spacial score (nSPS) is 14.4. The van der Waals surface area contributed by atoms with Crippen LogP contribution in [0.1, 0.15) is 28.1 Å². The predicted molar refractivity (Wildman–Crippen MR) is 133 cm³/mol. The molecular formula is C26H28FN3O3S. The summed E-state index contributed by atoms with van der Waals surface area (Å²) >= 11 is 1.32. The summed E-state index contributed by atoms with van der Waals surface area (Å²) in [7, 11) is 0. The first-order valence-electron chi connectivity index (χ1n) is 11.4. The molecule has 0 spiro atoms. The van der Waals surface area contributed by atoms with Crippen molar-refractivity contribution in [3.05, 3.63) is 82.3 Å². The van der Waals surface area contributed by atoms with Gasteiger partial charge in [0.1, 0.15) is 11.9 Å². The van der Waals surface area contributed by atoms with Crippen molar-refractivity contribution in [1.82, 2.24) is 5.32 Å². The molecule has 6 nitrogen and oxygen atoms in total. The number of carbonyl (C=O) groups is 2. The number of halogens is 1. The summed E-state index contributed by atoms with van der Waals surface area (Å²) in [5.74, 6) is -1.09. The van der Waals surface area contributed by atoms with Crippen LogP contribution in [0.4, 0.5) is 15.8 Å². The average Bonchev–Trinajstić information content (AvgIpc) is 3.40. The van der Waals surface area contributed by atoms with E-state index in [1.165, 1.54) is 29.0 Å². The lowest BCUT2D eigenvalue weighted by molar-refractivity contribution is -0.118. The molecule has 1 aliphatic rings. The zero-order valence-corrected chi connectivity index (χ0v) is 19.7. The van der Waals surface area contributed by atoms with Gasteiger partial charge in [-0.05, 0) is 54.5 Å². The maximum atomic E-state index is 14.1. The summed E-state index contributed by atoms with van der Waals surface area (Å²) < 4.78 is 19.5. The Morgan fingerprint density at radius 2 is 1.85 bits per heavy atom. The molecule has 2 aromatic carbocycles. The van der Waals surface area contributed by atoms with Gasteiger partial charge in [0.15, 0.2) is 0 Å². The van der Waals surface area contributed by atoms with Crippen molar-refractivity contribution in [3.63, 3.8) is 0 Å². The van der Waals surface area contributed by atoms with E-state index in [4.69, 9.17) is 4.74 Å². The van der Waals surface area contributed by atoms with E-state index >= 15 is 0 Å². The first-order valence-corrected chi connectivity index (χ1v) is 12.3. The van der Waals surface area contributed by atoms with Crippen molar-refractivity contribution in [2.45, 2.75) is 25.3 Å². The van der Waals surface area contributed by atoms with Gasteiger partial charge in [0.05, 0.1) is 29.5 Å². The molecule has 178 valence electrons. The van der Waals surface area contributed by atoms with E-state index in [2.05, 4.69) is 15.5 Å². The quantitative estimate of drug-likeness (QED) is 0.473. The Hall–Kier alpha value is -3.23. The van der Waals surface area contributed by atoms with Crippen LogP contribution in [0.25, 0.3) is 0 Å². The highest BCUT2D eigenvalue weighted by Crippen LogP contribution is 2.28. The number of ether oxygens (including phenoxy) is 1. The molecule has 0 aliphatic carbocycles. The van der Waals surface area contributed by atoms with Crippen LogP contribution in [0.5, 0.6) is 0 Å². The van der Waals surface area contributed by atoms with Crippen molar-refractivity contribution in [2.75, 3.05) is 36.5 Å². The zero-order valence-electron chi connectivity index (χ0n) is 18.8. The molecular weight excluding hydrogens is 453 g/mol. The fourth-order valence-electron chi connectivity index (χ4n) is 3.97. The number of carbonyl (C=O) groups excluding carboxylic acids is 2. The highest BCUT2D eigenvalue weighted by molar-refractivity contribution is 7.12. The molecule has 1 unspecified atom stereocenters. The smallest absolute Gasteiger partial charge is 0.261 e. The number of anilines is 2. The highest BCUT2D eigenvalue weighted by Gasteiger charge is 2.24. The Morgan fingerprint density at radius 1 is 1.06 bits per heavy atom. The summed E-state index contributed by atoms with van der Waals surface area (Å²) in [6, 6.07) is 17.2. The third-order valence-electron chi connectivity index (χ3n) is 5.74. The van der Waals surface area contributed by atoms with Crippen molar-refractivity contribution in [1.29, 1.82) is 0 Å². The van der Waals surface area contributed by atoms with Crippen molar-refractivity contribution >= 4 is 34.5 Å². The number of nitrogens with zero attached hydrogens (tertiary/aromatic N) is 1. The van der Waals surface area contributed by atoms with Gasteiger partial charge in [-0.25, -0.2) is 4.39 Å². The Balaban J connectivity index is 1.49. The monoisotopic (exact) mass is 481 g/mol. The van der Waals surface area contributed by atoms with Crippen LogP contribution >= 0.6 is 11.3 Å². The molecule has 2 N–H and O–H groups in total. The maximum Gasteiger partial charge on any atom is 0.261 e. The summed E-state index contributed by atoms with van der Waals surface area (Å²) in [5.41, 5.74) is 2.31. The minimum atomic E-state index is -0.751. The highest BCUT2D eigenvalue weighted by atomic mass is 32.1. The molecule has 0 bridgehead atoms.